The van der Waals surface area contributed by atoms with Crippen molar-refractivity contribution < 1.29 is 13.2 Å². The molecule has 2 aromatic carbocycles. The molecule has 6 heteroatoms. The second-order valence-corrected chi connectivity index (χ2v) is 7.85. The van der Waals surface area contributed by atoms with Gasteiger partial charge in [0.25, 0.3) is 0 Å². The third kappa shape index (κ3) is 6.43. The summed E-state index contributed by atoms with van der Waals surface area (Å²) in [6.45, 7) is 4.20. The van der Waals surface area contributed by atoms with E-state index >= 15 is 0 Å². The van der Waals surface area contributed by atoms with Gasteiger partial charge in [0, 0.05) is 17.5 Å². The minimum absolute atomic E-state index is 0.223. The highest BCUT2D eigenvalue weighted by Crippen LogP contribution is 2.18. The Balaban J connectivity index is 1.99. The van der Waals surface area contributed by atoms with E-state index in [2.05, 4.69) is 23.9 Å². The standard InChI is InChI=1S/C19H22N2O3S/c1-14(2)16-5-4-6-18(13-16)20-19(22)12-9-15-7-10-17(11-8-15)21-25(3,23)24/h4-14,21H,1-3H3,(H,20,22)/b12-9+. The van der Waals surface area contributed by atoms with Crippen LogP contribution in [0.3, 0.4) is 0 Å². The zero-order valence-corrected chi connectivity index (χ0v) is 15.3. The molecule has 0 aromatic heterocycles. The van der Waals surface area contributed by atoms with Crippen molar-refractivity contribution in [3.63, 3.8) is 0 Å². The number of nitrogens with one attached hydrogen (secondary N) is 2. The van der Waals surface area contributed by atoms with Crippen LogP contribution in [0.5, 0.6) is 0 Å². The zero-order chi connectivity index (χ0) is 18.4. The average Bonchev–Trinajstić information content (AvgIpc) is 2.53. The van der Waals surface area contributed by atoms with Gasteiger partial charge in [-0.2, -0.15) is 0 Å². The van der Waals surface area contributed by atoms with E-state index in [1.807, 2.05) is 24.3 Å². The van der Waals surface area contributed by atoms with Gasteiger partial charge < -0.3 is 5.32 Å². The van der Waals surface area contributed by atoms with Crippen molar-refractivity contribution in [2.45, 2.75) is 19.8 Å². The monoisotopic (exact) mass is 358 g/mol. The van der Waals surface area contributed by atoms with Gasteiger partial charge in [0.15, 0.2) is 0 Å². The highest BCUT2D eigenvalue weighted by Gasteiger charge is 2.03. The van der Waals surface area contributed by atoms with E-state index in [1.54, 1.807) is 30.3 Å². The normalized spacial score (nSPS) is 11.7. The Morgan fingerprint density at radius 2 is 1.72 bits per heavy atom. The predicted octanol–water partition coefficient (Wildman–Crippen LogP) is 3.83. The lowest BCUT2D eigenvalue weighted by Crippen LogP contribution is -2.09. The molecule has 5 nitrogen and oxygen atoms in total. The summed E-state index contributed by atoms with van der Waals surface area (Å²) in [5.41, 5.74) is 3.20. The maximum Gasteiger partial charge on any atom is 0.248 e. The number of amides is 1. The molecule has 1 amide bonds. The molecule has 0 aliphatic rings. The number of carbonyl (C=O) groups is 1. The van der Waals surface area contributed by atoms with E-state index in [1.165, 1.54) is 6.08 Å². The van der Waals surface area contributed by atoms with Gasteiger partial charge in [-0.15, -0.1) is 0 Å². The molecule has 0 aliphatic carbocycles. The van der Waals surface area contributed by atoms with Crippen LogP contribution in [0.1, 0.15) is 30.9 Å². The Kier molecular flexibility index (Phi) is 5.98. The Labute approximate surface area is 148 Å². The van der Waals surface area contributed by atoms with Gasteiger partial charge in [0.2, 0.25) is 15.9 Å². The van der Waals surface area contributed by atoms with Crippen LogP contribution < -0.4 is 10.0 Å². The van der Waals surface area contributed by atoms with Crippen LogP contribution >= 0.6 is 0 Å². The molecule has 0 saturated carbocycles. The quantitative estimate of drug-likeness (QED) is 0.771. The number of rotatable bonds is 6. The first-order valence-electron chi connectivity index (χ1n) is 7.90. The van der Waals surface area contributed by atoms with E-state index in [-0.39, 0.29) is 5.91 Å². The van der Waals surface area contributed by atoms with Gasteiger partial charge in [-0.1, -0.05) is 38.1 Å². The summed E-state index contributed by atoms with van der Waals surface area (Å²) >= 11 is 0. The molecule has 0 atom stereocenters. The maximum atomic E-state index is 12.0. The van der Waals surface area contributed by atoms with E-state index in [9.17, 15) is 13.2 Å². The van der Waals surface area contributed by atoms with Crippen molar-refractivity contribution in [3.8, 4) is 0 Å². The fourth-order valence-electron chi connectivity index (χ4n) is 2.21. The third-order valence-electron chi connectivity index (χ3n) is 3.46. The van der Waals surface area contributed by atoms with Crippen LogP contribution in [-0.4, -0.2) is 20.6 Å². The third-order valence-corrected chi connectivity index (χ3v) is 4.07. The summed E-state index contributed by atoms with van der Waals surface area (Å²) in [6.07, 6.45) is 4.21. The molecule has 2 N–H and O–H groups in total. The zero-order valence-electron chi connectivity index (χ0n) is 14.5. The van der Waals surface area contributed by atoms with Crippen LogP contribution in [0.2, 0.25) is 0 Å². The number of hydrogen-bond acceptors (Lipinski definition) is 3. The SMILES string of the molecule is CC(C)c1cccc(NC(=O)/C=C/c2ccc(NS(C)(=O)=O)cc2)c1. The number of anilines is 2. The van der Waals surface area contributed by atoms with E-state index in [4.69, 9.17) is 0 Å². The topological polar surface area (TPSA) is 75.3 Å². The minimum Gasteiger partial charge on any atom is -0.323 e. The molecule has 0 fully saturated rings. The minimum atomic E-state index is -3.29. The van der Waals surface area contributed by atoms with E-state index < -0.39 is 10.0 Å². The highest BCUT2D eigenvalue weighted by molar-refractivity contribution is 7.92. The number of hydrogen-bond donors (Lipinski definition) is 2. The Morgan fingerprint density at radius 3 is 2.32 bits per heavy atom. The van der Waals surface area contributed by atoms with Crippen molar-refractivity contribution >= 4 is 33.4 Å². The van der Waals surface area contributed by atoms with Crippen molar-refractivity contribution in [2.75, 3.05) is 16.3 Å². The number of sulfonamides is 1. The molecular weight excluding hydrogens is 336 g/mol. The van der Waals surface area contributed by atoms with Crippen molar-refractivity contribution in [1.82, 2.24) is 0 Å². The second-order valence-electron chi connectivity index (χ2n) is 6.10. The Bertz CT molecular complexity index is 870. The van der Waals surface area contributed by atoms with Gasteiger partial charge >= 0.3 is 0 Å². The van der Waals surface area contributed by atoms with Gasteiger partial charge in [0.05, 0.1) is 6.26 Å². The molecule has 0 spiro atoms. The summed E-state index contributed by atoms with van der Waals surface area (Å²) in [5, 5.41) is 2.83. The highest BCUT2D eigenvalue weighted by atomic mass is 32.2. The lowest BCUT2D eigenvalue weighted by atomic mass is 10.0. The smallest absolute Gasteiger partial charge is 0.248 e. The molecule has 132 valence electrons. The van der Waals surface area contributed by atoms with E-state index in [0.717, 1.165) is 23.1 Å². The van der Waals surface area contributed by atoms with Gasteiger partial charge in [-0.05, 0) is 47.4 Å². The lowest BCUT2D eigenvalue weighted by molar-refractivity contribution is -0.111. The molecular formula is C19H22N2O3S. The summed E-state index contributed by atoms with van der Waals surface area (Å²) < 4.78 is 24.7. The number of carbonyl (C=O) groups excluding carboxylic acids is 1. The lowest BCUT2D eigenvalue weighted by Gasteiger charge is -2.08. The molecule has 2 rings (SSSR count). The fourth-order valence-corrected chi connectivity index (χ4v) is 2.77. The molecule has 2 aromatic rings. The van der Waals surface area contributed by atoms with Crippen LogP contribution in [-0.2, 0) is 14.8 Å². The first-order valence-corrected chi connectivity index (χ1v) is 9.79. The first-order chi connectivity index (χ1) is 11.7. The van der Waals surface area contributed by atoms with E-state index in [0.29, 0.717) is 11.6 Å². The summed E-state index contributed by atoms with van der Waals surface area (Å²) in [4.78, 5) is 12.0. The van der Waals surface area contributed by atoms with Gasteiger partial charge in [0.1, 0.15) is 0 Å². The molecule has 0 unspecified atom stereocenters. The van der Waals surface area contributed by atoms with Crippen molar-refractivity contribution in [3.05, 3.63) is 65.7 Å². The van der Waals surface area contributed by atoms with Crippen molar-refractivity contribution in [1.29, 1.82) is 0 Å². The summed E-state index contributed by atoms with van der Waals surface area (Å²) in [7, 11) is -3.29. The molecule has 25 heavy (non-hydrogen) atoms. The van der Waals surface area contributed by atoms with Gasteiger partial charge in [-0.25, -0.2) is 8.42 Å². The summed E-state index contributed by atoms with van der Waals surface area (Å²) in [5.74, 6) is 0.172. The number of benzene rings is 2. The fraction of sp³-hybridized carbons (Fsp3) is 0.211. The summed E-state index contributed by atoms with van der Waals surface area (Å²) in [6, 6.07) is 14.5. The van der Waals surface area contributed by atoms with Crippen LogP contribution in [0, 0.1) is 0 Å². The molecule has 0 aliphatic heterocycles. The van der Waals surface area contributed by atoms with Gasteiger partial charge in [-0.3, -0.25) is 9.52 Å². The first kappa shape index (κ1) is 18.7. The average molecular weight is 358 g/mol. The van der Waals surface area contributed by atoms with Crippen LogP contribution in [0.25, 0.3) is 6.08 Å². The molecule has 0 saturated heterocycles. The maximum absolute atomic E-state index is 12.0. The molecule has 0 bridgehead atoms. The Hall–Kier alpha value is -2.60. The van der Waals surface area contributed by atoms with Crippen LogP contribution in [0.15, 0.2) is 54.6 Å². The predicted molar refractivity (Wildman–Crippen MR) is 103 cm³/mol. The van der Waals surface area contributed by atoms with Crippen molar-refractivity contribution in [2.24, 2.45) is 0 Å². The van der Waals surface area contributed by atoms with Crippen LogP contribution in [0.4, 0.5) is 11.4 Å². The Morgan fingerprint density at radius 1 is 1.04 bits per heavy atom. The molecule has 0 heterocycles. The largest absolute Gasteiger partial charge is 0.323 e. The molecule has 0 radical (unpaired) electrons. The second kappa shape index (κ2) is 7.98.